The second-order valence-corrected chi connectivity index (χ2v) is 8.84. The molecule has 174 valence electrons. The number of aryl methyl sites for hydroxylation is 2. The number of hydrogen-bond acceptors (Lipinski definition) is 6. The van der Waals surface area contributed by atoms with E-state index in [1.54, 1.807) is 32.2 Å². The van der Waals surface area contributed by atoms with Crippen molar-refractivity contribution in [3.05, 3.63) is 41.3 Å². The van der Waals surface area contributed by atoms with E-state index >= 15 is 0 Å². The first kappa shape index (κ1) is 21.7. The number of urea groups is 1. The summed E-state index contributed by atoms with van der Waals surface area (Å²) >= 11 is 6.27. The van der Waals surface area contributed by atoms with Crippen LogP contribution in [0.2, 0.25) is 5.02 Å². The lowest BCUT2D eigenvalue weighted by Gasteiger charge is -2.61. The first-order valence-corrected chi connectivity index (χ1v) is 10.6. The van der Waals surface area contributed by atoms with Crippen molar-refractivity contribution >= 4 is 23.3 Å². The minimum absolute atomic E-state index is 0.0230. The Labute approximate surface area is 190 Å². The molecule has 3 aromatic rings. The number of rotatable bonds is 3. The van der Waals surface area contributed by atoms with Crippen molar-refractivity contribution in [1.82, 2.24) is 29.9 Å². The summed E-state index contributed by atoms with van der Waals surface area (Å²) in [5, 5.41) is 15.1. The Morgan fingerprint density at radius 3 is 2.73 bits per heavy atom. The minimum Gasteiger partial charge on any atom is -0.423 e. The normalized spacial score (nSPS) is 24.5. The van der Waals surface area contributed by atoms with Crippen molar-refractivity contribution < 1.29 is 22.4 Å². The van der Waals surface area contributed by atoms with Crippen LogP contribution in [0.3, 0.4) is 0 Å². The molecule has 3 atom stereocenters. The Morgan fingerprint density at radius 2 is 2.09 bits per heavy atom. The van der Waals surface area contributed by atoms with E-state index in [2.05, 4.69) is 25.6 Å². The summed E-state index contributed by atoms with van der Waals surface area (Å²) in [5.74, 6) is -0.924. The predicted molar refractivity (Wildman–Crippen MR) is 110 cm³/mol. The number of nitrogens with zero attached hydrogens (tertiary/aromatic N) is 6. The summed E-state index contributed by atoms with van der Waals surface area (Å²) in [4.78, 5) is 18.8. The molecule has 2 amide bonds. The maximum absolute atomic E-state index is 13.5. The van der Waals surface area contributed by atoms with Gasteiger partial charge in [0, 0.05) is 37.7 Å². The zero-order valence-electron chi connectivity index (χ0n) is 17.6. The van der Waals surface area contributed by atoms with Gasteiger partial charge in [0.2, 0.25) is 11.8 Å². The average Bonchev–Trinajstić information content (AvgIpc) is 3.37. The lowest BCUT2D eigenvalue weighted by atomic mass is 9.63. The highest BCUT2D eigenvalue weighted by Gasteiger charge is 2.66. The average molecular weight is 482 g/mol. The molecule has 1 N–H and O–H groups in total. The van der Waals surface area contributed by atoms with Gasteiger partial charge in [-0.25, -0.2) is 9.78 Å². The lowest BCUT2D eigenvalue weighted by Crippen LogP contribution is -2.71. The number of nitrogens with one attached hydrogen (secondary N) is 1. The number of benzene rings is 1. The standard InChI is InChI=1S/C20H19ClF3N7O2/c1-10-27-28-17(33-10)19-7-11(20(22,23)24)5-13(8-19)31(19)18(32)26-12-3-4-15(21)14(6-12)16-25-9-30(2)29-16/h3-4,6,9,11,13H,5,7-8H2,1-2H3,(H,26,32)/t11-,13?,19?/m0/s1. The van der Waals surface area contributed by atoms with Gasteiger partial charge in [0.1, 0.15) is 11.9 Å². The van der Waals surface area contributed by atoms with E-state index in [0.717, 1.165) is 0 Å². The van der Waals surface area contributed by atoms with Crippen molar-refractivity contribution in [2.75, 3.05) is 5.32 Å². The van der Waals surface area contributed by atoms with Gasteiger partial charge >= 0.3 is 12.2 Å². The molecule has 2 aliphatic rings. The van der Waals surface area contributed by atoms with Gasteiger partial charge in [0.25, 0.3) is 0 Å². The van der Waals surface area contributed by atoms with E-state index in [0.29, 0.717) is 28.5 Å². The molecule has 9 nitrogen and oxygen atoms in total. The molecule has 13 heteroatoms. The van der Waals surface area contributed by atoms with Gasteiger partial charge in [0.05, 0.1) is 10.9 Å². The number of aromatic nitrogens is 5. The van der Waals surface area contributed by atoms with Crippen LogP contribution < -0.4 is 5.32 Å². The maximum Gasteiger partial charge on any atom is 0.392 e. The number of anilines is 1. The van der Waals surface area contributed by atoms with Crippen LogP contribution >= 0.6 is 11.6 Å². The number of fused-ring (bicyclic) bond motifs is 2. The van der Waals surface area contributed by atoms with Crippen molar-refractivity contribution in [3.63, 3.8) is 0 Å². The molecule has 1 saturated carbocycles. The predicted octanol–water partition coefficient (Wildman–Crippen LogP) is 4.30. The molecule has 3 heterocycles. The molecule has 2 bridgehead atoms. The molecule has 5 rings (SSSR count). The van der Waals surface area contributed by atoms with E-state index < -0.39 is 29.7 Å². The quantitative estimate of drug-likeness (QED) is 0.598. The second-order valence-electron chi connectivity index (χ2n) is 8.43. The van der Waals surface area contributed by atoms with Crippen LogP contribution in [-0.4, -0.2) is 48.1 Å². The third-order valence-corrected chi connectivity index (χ3v) is 6.53. The number of carbonyl (C=O) groups is 1. The maximum atomic E-state index is 13.5. The Bertz CT molecular complexity index is 1230. The number of piperidine rings is 1. The summed E-state index contributed by atoms with van der Waals surface area (Å²) in [6, 6.07) is 3.67. The van der Waals surface area contributed by atoms with E-state index in [4.69, 9.17) is 16.0 Å². The molecular weight excluding hydrogens is 463 g/mol. The third-order valence-electron chi connectivity index (χ3n) is 6.20. The number of carbonyl (C=O) groups excluding carboxylic acids is 1. The second kappa shape index (κ2) is 7.44. The van der Waals surface area contributed by atoms with Gasteiger partial charge in [-0.2, -0.15) is 18.3 Å². The summed E-state index contributed by atoms with van der Waals surface area (Å²) in [6.45, 7) is 1.55. The van der Waals surface area contributed by atoms with Gasteiger partial charge in [-0.1, -0.05) is 11.6 Å². The van der Waals surface area contributed by atoms with Crippen molar-refractivity contribution in [2.45, 2.75) is 43.9 Å². The fraction of sp³-hybridized carbons (Fsp3) is 0.450. The van der Waals surface area contributed by atoms with Crippen molar-refractivity contribution in [3.8, 4) is 11.4 Å². The Kier molecular flexibility index (Phi) is 4.89. The highest BCUT2D eigenvalue weighted by Crippen LogP contribution is 2.58. The van der Waals surface area contributed by atoms with E-state index in [9.17, 15) is 18.0 Å². The van der Waals surface area contributed by atoms with Crippen LogP contribution in [-0.2, 0) is 12.6 Å². The fourth-order valence-electron chi connectivity index (χ4n) is 4.80. The summed E-state index contributed by atoms with van der Waals surface area (Å²) in [7, 11) is 1.71. The largest absolute Gasteiger partial charge is 0.423 e. The van der Waals surface area contributed by atoms with Gasteiger partial charge in [0.15, 0.2) is 5.82 Å². The Hall–Kier alpha value is -3.15. The van der Waals surface area contributed by atoms with Gasteiger partial charge < -0.3 is 14.6 Å². The van der Waals surface area contributed by atoms with Gasteiger partial charge in [-0.15, -0.1) is 10.2 Å². The van der Waals surface area contributed by atoms with Crippen LogP contribution in [0.1, 0.15) is 31.0 Å². The molecule has 0 spiro atoms. The van der Waals surface area contributed by atoms with Crippen molar-refractivity contribution in [2.24, 2.45) is 13.0 Å². The molecule has 0 radical (unpaired) electrons. The minimum atomic E-state index is -4.37. The topological polar surface area (TPSA) is 102 Å². The molecule has 2 unspecified atom stereocenters. The molecular formula is C20H19ClF3N7O2. The highest BCUT2D eigenvalue weighted by molar-refractivity contribution is 6.33. The van der Waals surface area contributed by atoms with Crippen LogP contribution in [0.5, 0.6) is 0 Å². The summed E-state index contributed by atoms with van der Waals surface area (Å²) < 4.78 is 47.6. The number of likely N-dealkylation sites (tertiary alicyclic amines) is 1. The molecule has 1 saturated heterocycles. The molecule has 2 fully saturated rings. The van der Waals surface area contributed by atoms with E-state index in [-0.39, 0.29) is 24.6 Å². The Morgan fingerprint density at radius 1 is 1.30 bits per heavy atom. The highest BCUT2D eigenvalue weighted by atomic mass is 35.5. The van der Waals surface area contributed by atoms with Crippen LogP contribution in [0.15, 0.2) is 28.9 Å². The van der Waals surface area contributed by atoms with Crippen LogP contribution in [0.25, 0.3) is 11.4 Å². The smallest absolute Gasteiger partial charge is 0.392 e. The SMILES string of the molecule is Cc1nnc(C23CC(C[C@H](C(F)(F)F)C2)N3C(=O)Nc2ccc(Cl)c(-c3ncn(C)n3)c2)o1. The van der Waals surface area contributed by atoms with E-state index in [1.807, 2.05) is 0 Å². The third kappa shape index (κ3) is 3.62. The lowest BCUT2D eigenvalue weighted by molar-refractivity contribution is -0.229. The number of halogens is 4. The molecule has 1 aromatic carbocycles. The van der Waals surface area contributed by atoms with E-state index in [1.165, 1.54) is 15.9 Å². The first-order valence-electron chi connectivity index (χ1n) is 10.2. The summed E-state index contributed by atoms with van der Waals surface area (Å²) in [6.07, 6.45) is -3.02. The molecule has 33 heavy (non-hydrogen) atoms. The van der Waals surface area contributed by atoms with Crippen LogP contribution in [0.4, 0.5) is 23.7 Å². The monoisotopic (exact) mass is 481 g/mol. The van der Waals surface area contributed by atoms with Crippen LogP contribution in [0, 0.1) is 12.8 Å². The number of alkyl halides is 3. The molecule has 2 aromatic heterocycles. The zero-order valence-corrected chi connectivity index (χ0v) is 18.4. The molecule has 1 aliphatic carbocycles. The summed E-state index contributed by atoms with van der Waals surface area (Å²) in [5.41, 5.74) is -0.383. The van der Waals surface area contributed by atoms with Gasteiger partial charge in [-0.05, 0) is 31.0 Å². The number of hydrogen-bond donors (Lipinski definition) is 1. The Balaban J connectivity index is 1.44. The zero-order chi connectivity index (χ0) is 23.5. The molecule has 1 aliphatic heterocycles. The van der Waals surface area contributed by atoms with Gasteiger partial charge in [-0.3, -0.25) is 4.68 Å². The fourth-order valence-corrected chi connectivity index (χ4v) is 5.00. The number of amides is 2. The van der Waals surface area contributed by atoms with Crippen molar-refractivity contribution in [1.29, 1.82) is 0 Å². The first-order chi connectivity index (χ1) is 15.6.